The molecule has 0 unspecified atom stereocenters. The molecule has 2 aromatic carbocycles. The predicted octanol–water partition coefficient (Wildman–Crippen LogP) is 4.04. The molecule has 0 saturated carbocycles. The van der Waals surface area contributed by atoms with Crippen molar-refractivity contribution >= 4 is 40.1 Å². The molecule has 3 nitrogen and oxygen atoms in total. The van der Waals surface area contributed by atoms with E-state index in [4.69, 9.17) is 23.2 Å². The van der Waals surface area contributed by atoms with Crippen LogP contribution in [-0.4, -0.2) is 11.0 Å². The van der Waals surface area contributed by atoms with Gasteiger partial charge in [-0.3, -0.25) is 4.98 Å². The molecule has 25 heavy (non-hydrogen) atoms. The molecule has 0 spiro atoms. The van der Waals surface area contributed by atoms with Crippen molar-refractivity contribution in [1.82, 2.24) is 4.98 Å². The highest BCUT2D eigenvalue weighted by Crippen LogP contribution is 2.32. The van der Waals surface area contributed by atoms with E-state index in [-0.39, 0.29) is 6.42 Å². The lowest BCUT2D eigenvalue weighted by atomic mass is 9.93. The first kappa shape index (κ1) is 17.7. The molecule has 0 N–H and O–H groups in total. The van der Waals surface area contributed by atoms with Gasteiger partial charge >= 0.3 is 0 Å². The number of carbonyl (C=O) groups excluding carboxylic acids is 1. The molecule has 0 aliphatic rings. The predicted molar refractivity (Wildman–Crippen MR) is 99.2 cm³/mol. The number of benzene rings is 2. The van der Waals surface area contributed by atoms with Gasteiger partial charge in [0.1, 0.15) is 0 Å². The minimum atomic E-state index is -1.12. The van der Waals surface area contributed by atoms with Gasteiger partial charge in [0, 0.05) is 28.5 Å². The molecule has 0 saturated heterocycles. The molecule has 0 amide bonds. The number of aromatic nitrogens is 1. The van der Waals surface area contributed by atoms with Crippen molar-refractivity contribution in [3.8, 4) is 0 Å². The van der Waals surface area contributed by atoms with Crippen LogP contribution in [0.4, 0.5) is 0 Å². The van der Waals surface area contributed by atoms with Crippen LogP contribution in [0.1, 0.15) is 27.9 Å². The topological polar surface area (TPSA) is 53.0 Å². The third-order valence-corrected chi connectivity index (χ3v) is 4.94. The van der Waals surface area contributed by atoms with Crippen LogP contribution in [0, 0.1) is 13.8 Å². The second-order valence-electron chi connectivity index (χ2n) is 6.08. The second-order valence-corrected chi connectivity index (χ2v) is 6.93. The zero-order chi connectivity index (χ0) is 18.1. The molecule has 0 aliphatic carbocycles. The summed E-state index contributed by atoms with van der Waals surface area (Å²) in [5.74, 6) is -1.12. The lowest BCUT2D eigenvalue weighted by molar-refractivity contribution is -0.304. The summed E-state index contributed by atoms with van der Waals surface area (Å²) in [5.41, 5.74) is 5.36. The Morgan fingerprint density at radius 3 is 2.40 bits per heavy atom. The number of fused-ring (bicyclic) bond motifs is 1. The first-order valence-electron chi connectivity index (χ1n) is 7.88. The minimum Gasteiger partial charge on any atom is -0.550 e. The van der Waals surface area contributed by atoms with Crippen LogP contribution in [-0.2, 0) is 17.6 Å². The van der Waals surface area contributed by atoms with Crippen LogP contribution in [0.25, 0.3) is 10.9 Å². The van der Waals surface area contributed by atoms with Gasteiger partial charge in [0.2, 0.25) is 0 Å². The summed E-state index contributed by atoms with van der Waals surface area (Å²) in [6.07, 6.45) is 0.523. The number of carboxylic acids is 1. The summed E-state index contributed by atoms with van der Waals surface area (Å²) in [4.78, 5) is 15.8. The fourth-order valence-corrected chi connectivity index (χ4v) is 3.49. The van der Waals surface area contributed by atoms with Gasteiger partial charge in [0.05, 0.1) is 10.5 Å². The number of carboxylic acid groups (broad SMARTS) is 1. The van der Waals surface area contributed by atoms with Crippen LogP contribution >= 0.6 is 23.2 Å². The number of rotatable bonds is 4. The zero-order valence-corrected chi connectivity index (χ0v) is 15.4. The molecule has 0 atom stereocenters. The van der Waals surface area contributed by atoms with Gasteiger partial charge in [-0.15, -0.1) is 0 Å². The van der Waals surface area contributed by atoms with Gasteiger partial charge in [0.15, 0.2) is 0 Å². The summed E-state index contributed by atoms with van der Waals surface area (Å²) in [6.45, 7) is 3.93. The Labute approximate surface area is 156 Å². The van der Waals surface area contributed by atoms with Crippen molar-refractivity contribution in [3.05, 3.63) is 74.4 Å². The van der Waals surface area contributed by atoms with Gasteiger partial charge in [0.25, 0.3) is 0 Å². The zero-order valence-electron chi connectivity index (χ0n) is 13.9. The Morgan fingerprint density at radius 2 is 1.76 bits per heavy atom. The van der Waals surface area contributed by atoms with E-state index in [1.807, 2.05) is 38.1 Å². The Bertz CT molecular complexity index is 966. The van der Waals surface area contributed by atoms with Crippen LogP contribution < -0.4 is 5.11 Å². The van der Waals surface area contributed by atoms with Crippen LogP contribution in [0.5, 0.6) is 0 Å². The highest BCUT2D eigenvalue weighted by atomic mass is 35.5. The summed E-state index contributed by atoms with van der Waals surface area (Å²) < 4.78 is 0. The van der Waals surface area contributed by atoms with E-state index < -0.39 is 5.97 Å². The van der Waals surface area contributed by atoms with E-state index in [0.29, 0.717) is 27.5 Å². The summed E-state index contributed by atoms with van der Waals surface area (Å²) >= 11 is 12.3. The highest BCUT2D eigenvalue weighted by Gasteiger charge is 2.15. The summed E-state index contributed by atoms with van der Waals surface area (Å²) in [5, 5.41) is 13.1. The van der Waals surface area contributed by atoms with E-state index >= 15 is 0 Å². The van der Waals surface area contributed by atoms with E-state index in [1.54, 1.807) is 12.1 Å². The molecule has 128 valence electrons. The van der Waals surface area contributed by atoms with Gasteiger partial charge in [-0.25, -0.2) is 0 Å². The molecule has 0 radical (unpaired) electrons. The first-order valence-corrected chi connectivity index (χ1v) is 8.64. The van der Waals surface area contributed by atoms with E-state index in [1.165, 1.54) is 0 Å². The van der Waals surface area contributed by atoms with E-state index in [2.05, 4.69) is 4.98 Å². The van der Waals surface area contributed by atoms with Crippen molar-refractivity contribution in [2.75, 3.05) is 0 Å². The molecule has 0 aliphatic heterocycles. The molecule has 1 aromatic heterocycles. The van der Waals surface area contributed by atoms with Gasteiger partial charge < -0.3 is 9.90 Å². The Morgan fingerprint density at radius 1 is 1.08 bits per heavy atom. The number of hydrogen-bond acceptors (Lipinski definition) is 3. The second kappa shape index (κ2) is 7.03. The van der Waals surface area contributed by atoms with Crippen molar-refractivity contribution in [3.63, 3.8) is 0 Å². The van der Waals surface area contributed by atoms with E-state index in [0.717, 1.165) is 27.8 Å². The standard InChI is InChI=1S/C20H17Cl2NO2/c1-11-16(9-13-3-6-15(21)7-4-13)12(2)23-20-17(22)8-5-14(19(11)20)10-18(24)25/h3-8H,9-10H2,1-2H3,(H,24,25)/p-1. The van der Waals surface area contributed by atoms with Crippen LogP contribution in [0.2, 0.25) is 10.0 Å². The fraction of sp³-hybridized carbons (Fsp3) is 0.200. The monoisotopic (exact) mass is 372 g/mol. The highest BCUT2D eigenvalue weighted by molar-refractivity contribution is 6.35. The number of halogens is 2. The first-order chi connectivity index (χ1) is 11.9. The molecular formula is C20H16Cl2NO2-. The summed E-state index contributed by atoms with van der Waals surface area (Å²) in [7, 11) is 0. The van der Waals surface area contributed by atoms with E-state index in [9.17, 15) is 9.90 Å². The fourth-order valence-electron chi connectivity index (χ4n) is 3.16. The largest absolute Gasteiger partial charge is 0.550 e. The lowest BCUT2D eigenvalue weighted by Gasteiger charge is -2.17. The normalized spacial score (nSPS) is 11.0. The Hall–Kier alpha value is -2.10. The van der Waals surface area contributed by atoms with Crippen molar-refractivity contribution in [2.45, 2.75) is 26.7 Å². The lowest BCUT2D eigenvalue weighted by Crippen LogP contribution is -2.24. The molecule has 0 bridgehead atoms. The van der Waals surface area contributed by atoms with Crippen molar-refractivity contribution < 1.29 is 9.90 Å². The average molecular weight is 373 g/mol. The van der Waals surface area contributed by atoms with Gasteiger partial charge in [-0.2, -0.15) is 0 Å². The number of aliphatic carboxylic acids is 1. The van der Waals surface area contributed by atoms with Gasteiger partial charge in [-0.05, 0) is 60.7 Å². The molecule has 5 heteroatoms. The van der Waals surface area contributed by atoms with Crippen molar-refractivity contribution in [2.24, 2.45) is 0 Å². The number of carbonyl (C=O) groups is 1. The average Bonchev–Trinajstić information content (AvgIpc) is 2.55. The summed E-state index contributed by atoms with van der Waals surface area (Å²) in [6, 6.07) is 11.1. The van der Waals surface area contributed by atoms with Crippen LogP contribution in [0.15, 0.2) is 36.4 Å². The number of nitrogens with zero attached hydrogens (tertiary/aromatic N) is 1. The molecule has 1 heterocycles. The third kappa shape index (κ3) is 3.63. The maximum atomic E-state index is 11.1. The molecule has 0 fully saturated rings. The maximum absolute atomic E-state index is 11.1. The maximum Gasteiger partial charge on any atom is 0.0897 e. The minimum absolute atomic E-state index is 0.167. The Balaban J connectivity index is 2.19. The van der Waals surface area contributed by atoms with Crippen LogP contribution in [0.3, 0.4) is 0 Å². The number of aryl methyl sites for hydroxylation is 2. The SMILES string of the molecule is Cc1nc2c(Cl)ccc(CC(=O)[O-])c2c(C)c1Cc1ccc(Cl)cc1. The van der Waals surface area contributed by atoms with Gasteiger partial charge in [-0.1, -0.05) is 41.4 Å². The molecular weight excluding hydrogens is 357 g/mol. The molecule has 3 aromatic rings. The smallest absolute Gasteiger partial charge is 0.0897 e. The third-order valence-electron chi connectivity index (χ3n) is 4.39. The Kier molecular flexibility index (Phi) is 4.98. The molecule has 3 rings (SSSR count). The quantitative estimate of drug-likeness (QED) is 0.694. The number of hydrogen-bond donors (Lipinski definition) is 0. The number of pyridine rings is 1. The van der Waals surface area contributed by atoms with Crippen molar-refractivity contribution in [1.29, 1.82) is 0 Å².